The smallest absolute Gasteiger partial charge is 0.115 e. The number of hydrogen-bond acceptors (Lipinski definition) is 9. The quantitative estimate of drug-likeness (QED) is 0.268. The highest BCUT2D eigenvalue weighted by Crippen LogP contribution is 2.28. The molecule has 0 saturated carbocycles. The molecule has 0 aromatic carbocycles. The third-order valence-electron chi connectivity index (χ3n) is 4.10. The zero-order valence-electron chi connectivity index (χ0n) is 11.4. The number of rotatable bonds is 2. The Morgan fingerprint density at radius 3 is 2.00 bits per heavy atom. The van der Waals surface area contributed by atoms with Crippen molar-refractivity contribution in [1.82, 2.24) is 0 Å². The molecule has 9 nitrogen and oxygen atoms in total. The average Bonchev–Trinajstić information content (AvgIpc) is 2.46. The van der Waals surface area contributed by atoms with E-state index in [1.165, 1.54) is 6.92 Å². The molecule has 1 unspecified atom stereocenters. The molecule has 2 rings (SSSR count). The van der Waals surface area contributed by atoms with Gasteiger partial charge in [-0.2, -0.15) is 0 Å². The van der Waals surface area contributed by atoms with Gasteiger partial charge in [0.1, 0.15) is 54.9 Å². The van der Waals surface area contributed by atoms with Gasteiger partial charge in [0.2, 0.25) is 0 Å². The van der Waals surface area contributed by atoms with Gasteiger partial charge in [-0.3, -0.25) is 0 Å². The summed E-state index contributed by atoms with van der Waals surface area (Å²) >= 11 is 0. The van der Waals surface area contributed by atoms with Crippen molar-refractivity contribution in [3.8, 4) is 0 Å². The highest BCUT2D eigenvalue weighted by Gasteiger charge is 2.50. The predicted molar refractivity (Wildman–Crippen MR) is 66.1 cm³/mol. The van der Waals surface area contributed by atoms with E-state index in [0.717, 1.165) is 0 Å². The molecule has 2 fully saturated rings. The van der Waals surface area contributed by atoms with Crippen LogP contribution in [0.25, 0.3) is 0 Å². The molecule has 0 spiro atoms. The van der Waals surface area contributed by atoms with Gasteiger partial charge in [0.15, 0.2) is 0 Å². The van der Waals surface area contributed by atoms with E-state index in [1.54, 1.807) is 0 Å². The SMILES string of the molecule is C[C@@H]1O[C@@H](C(O)[C@H]2OC[C@H](O)[C@@H](O)[C@H]2O)[C@@H](O)[C@H](O)[C@@H]1O. The largest absolute Gasteiger partial charge is 0.388 e. The van der Waals surface area contributed by atoms with Crippen molar-refractivity contribution in [3.63, 3.8) is 0 Å². The molecule has 2 saturated heterocycles. The first-order valence-electron chi connectivity index (χ1n) is 6.79. The van der Waals surface area contributed by atoms with Gasteiger partial charge >= 0.3 is 0 Å². The summed E-state index contributed by atoms with van der Waals surface area (Å²) in [5, 5.41) is 68.2. The molecule has 2 aliphatic rings. The van der Waals surface area contributed by atoms with Crippen LogP contribution in [0.1, 0.15) is 6.92 Å². The Hall–Kier alpha value is -0.360. The van der Waals surface area contributed by atoms with E-state index in [-0.39, 0.29) is 6.61 Å². The summed E-state index contributed by atoms with van der Waals surface area (Å²) < 4.78 is 10.3. The van der Waals surface area contributed by atoms with Crippen molar-refractivity contribution in [1.29, 1.82) is 0 Å². The van der Waals surface area contributed by atoms with Gasteiger partial charge < -0.3 is 45.2 Å². The zero-order chi connectivity index (χ0) is 15.9. The van der Waals surface area contributed by atoms with Crippen molar-refractivity contribution in [3.05, 3.63) is 0 Å². The summed E-state index contributed by atoms with van der Waals surface area (Å²) in [5.74, 6) is 0. The fourth-order valence-corrected chi connectivity index (χ4v) is 2.68. The molecule has 2 heterocycles. The molecule has 0 aliphatic carbocycles. The summed E-state index contributed by atoms with van der Waals surface area (Å²) in [6, 6.07) is 0. The lowest BCUT2D eigenvalue weighted by Crippen LogP contribution is -2.65. The highest BCUT2D eigenvalue weighted by molar-refractivity contribution is 4.99. The van der Waals surface area contributed by atoms with Crippen molar-refractivity contribution in [2.24, 2.45) is 0 Å². The molecule has 7 N–H and O–H groups in total. The van der Waals surface area contributed by atoms with Crippen LogP contribution < -0.4 is 0 Å². The molecular formula is C12H22O9. The molecule has 0 amide bonds. The van der Waals surface area contributed by atoms with Gasteiger partial charge in [0, 0.05) is 0 Å². The summed E-state index contributed by atoms with van der Waals surface area (Å²) in [7, 11) is 0. The molecule has 9 heteroatoms. The van der Waals surface area contributed by atoms with Crippen LogP contribution in [0.2, 0.25) is 0 Å². The monoisotopic (exact) mass is 310 g/mol. The fourth-order valence-electron chi connectivity index (χ4n) is 2.68. The van der Waals surface area contributed by atoms with Crippen LogP contribution in [0.15, 0.2) is 0 Å². The maximum Gasteiger partial charge on any atom is 0.115 e. The third kappa shape index (κ3) is 3.07. The minimum absolute atomic E-state index is 0.302. The van der Waals surface area contributed by atoms with Crippen molar-refractivity contribution in [2.45, 2.75) is 68.0 Å². The van der Waals surface area contributed by atoms with Crippen molar-refractivity contribution < 1.29 is 45.2 Å². The van der Waals surface area contributed by atoms with E-state index < -0.39 is 61.0 Å². The van der Waals surface area contributed by atoms with Crippen LogP contribution in [0, 0.1) is 0 Å². The second kappa shape index (κ2) is 6.41. The van der Waals surface area contributed by atoms with Crippen LogP contribution in [-0.4, -0.2) is 103 Å². The van der Waals surface area contributed by atoms with Crippen LogP contribution in [0.4, 0.5) is 0 Å². The van der Waals surface area contributed by atoms with E-state index in [4.69, 9.17) is 9.47 Å². The van der Waals surface area contributed by atoms with E-state index in [1.807, 2.05) is 0 Å². The van der Waals surface area contributed by atoms with Crippen LogP contribution in [-0.2, 0) is 9.47 Å². The molecule has 124 valence electrons. The molecular weight excluding hydrogens is 288 g/mol. The fraction of sp³-hybridized carbons (Fsp3) is 1.00. The average molecular weight is 310 g/mol. The molecule has 0 bridgehead atoms. The first-order valence-corrected chi connectivity index (χ1v) is 6.79. The number of aliphatic hydroxyl groups is 7. The summed E-state index contributed by atoms with van der Waals surface area (Å²) in [4.78, 5) is 0. The van der Waals surface area contributed by atoms with Gasteiger partial charge in [0.25, 0.3) is 0 Å². The van der Waals surface area contributed by atoms with Crippen molar-refractivity contribution in [2.75, 3.05) is 6.61 Å². The second-order valence-corrected chi connectivity index (χ2v) is 5.61. The lowest BCUT2D eigenvalue weighted by atomic mass is 9.87. The Bertz CT molecular complexity index is 354. The molecule has 0 radical (unpaired) electrons. The van der Waals surface area contributed by atoms with Crippen LogP contribution >= 0.6 is 0 Å². The van der Waals surface area contributed by atoms with Gasteiger partial charge in [0.05, 0.1) is 12.7 Å². The Morgan fingerprint density at radius 1 is 0.810 bits per heavy atom. The number of hydrogen-bond donors (Lipinski definition) is 7. The third-order valence-corrected chi connectivity index (χ3v) is 4.10. The molecule has 2 aliphatic heterocycles. The Labute approximate surface area is 121 Å². The predicted octanol–water partition coefficient (Wildman–Crippen LogP) is -4.30. The molecule has 21 heavy (non-hydrogen) atoms. The molecule has 10 atom stereocenters. The zero-order valence-corrected chi connectivity index (χ0v) is 11.4. The van der Waals surface area contributed by atoms with E-state index in [9.17, 15) is 35.7 Å². The Morgan fingerprint density at radius 2 is 1.38 bits per heavy atom. The van der Waals surface area contributed by atoms with E-state index in [2.05, 4.69) is 0 Å². The van der Waals surface area contributed by atoms with Gasteiger partial charge in [-0.1, -0.05) is 0 Å². The van der Waals surface area contributed by atoms with Crippen molar-refractivity contribution >= 4 is 0 Å². The topological polar surface area (TPSA) is 160 Å². The maximum atomic E-state index is 10.2. The highest BCUT2D eigenvalue weighted by atomic mass is 16.6. The molecule has 0 aromatic rings. The summed E-state index contributed by atoms with van der Waals surface area (Å²) in [6.45, 7) is 1.15. The lowest BCUT2D eigenvalue weighted by Gasteiger charge is -2.45. The molecule has 0 aromatic heterocycles. The second-order valence-electron chi connectivity index (χ2n) is 5.61. The van der Waals surface area contributed by atoms with Gasteiger partial charge in [-0.15, -0.1) is 0 Å². The van der Waals surface area contributed by atoms with Gasteiger partial charge in [-0.05, 0) is 6.92 Å². The maximum absolute atomic E-state index is 10.2. The van der Waals surface area contributed by atoms with Crippen LogP contribution in [0.5, 0.6) is 0 Å². The number of aliphatic hydroxyl groups excluding tert-OH is 7. The first-order chi connectivity index (χ1) is 9.75. The van der Waals surface area contributed by atoms with E-state index in [0.29, 0.717) is 0 Å². The summed E-state index contributed by atoms with van der Waals surface area (Å²) in [6.07, 6.45) is -13.8. The van der Waals surface area contributed by atoms with E-state index >= 15 is 0 Å². The van der Waals surface area contributed by atoms with Gasteiger partial charge in [-0.25, -0.2) is 0 Å². The summed E-state index contributed by atoms with van der Waals surface area (Å²) in [5.41, 5.74) is 0. The standard InChI is InChI=1S/C12H22O9/c1-3-5(14)7(16)9(18)12(21-3)10(19)11-8(17)6(15)4(13)2-20-11/h3-19H,2H2,1H3/t3-,4-,5+,6+,7+,8+,9-,10?,11-,12+/m0/s1. The minimum Gasteiger partial charge on any atom is -0.388 e. The first kappa shape index (κ1) is 17.0. The Kier molecular flexibility index (Phi) is 5.19. The number of ether oxygens (including phenoxy) is 2. The minimum atomic E-state index is -1.59. The lowest BCUT2D eigenvalue weighted by molar-refractivity contribution is -0.273. The Balaban J connectivity index is 2.10. The normalized spacial score (nSPS) is 53.4. The van der Waals surface area contributed by atoms with Crippen LogP contribution in [0.3, 0.4) is 0 Å².